The van der Waals surface area contributed by atoms with Crippen molar-refractivity contribution in [3.05, 3.63) is 16.4 Å². The van der Waals surface area contributed by atoms with Crippen molar-refractivity contribution in [3.8, 4) is 0 Å². The first kappa shape index (κ1) is 11.0. The van der Waals surface area contributed by atoms with Gasteiger partial charge >= 0.3 is 0 Å². The van der Waals surface area contributed by atoms with E-state index in [1.54, 1.807) is 0 Å². The van der Waals surface area contributed by atoms with Crippen LogP contribution in [0.1, 0.15) is 31.2 Å². The molecule has 0 unspecified atom stereocenters. The molecule has 1 aliphatic rings. The van der Waals surface area contributed by atoms with Crippen molar-refractivity contribution in [1.29, 1.82) is 0 Å². The van der Waals surface area contributed by atoms with Gasteiger partial charge in [0.1, 0.15) is 0 Å². The summed E-state index contributed by atoms with van der Waals surface area (Å²) in [5.41, 5.74) is 2.08. The van der Waals surface area contributed by atoms with Crippen LogP contribution in [0.3, 0.4) is 0 Å². The second kappa shape index (κ2) is 3.80. The van der Waals surface area contributed by atoms with Crippen molar-refractivity contribution in [2.75, 3.05) is 6.61 Å². The summed E-state index contributed by atoms with van der Waals surface area (Å²) >= 11 is 6.22. The number of aliphatic hydroxyl groups is 1. The van der Waals surface area contributed by atoms with Gasteiger partial charge in [0, 0.05) is 13.2 Å². The molecule has 1 heterocycles. The maximum atomic E-state index is 9.31. The van der Waals surface area contributed by atoms with Gasteiger partial charge in [0.05, 0.1) is 16.4 Å². The van der Waals surface area contributed by atoms with E-state index in [2.05, 4.69) is 12.0 Å². The molecule has 0 saturated heterocycles. The molecule has 1 aromatic rings. The molecular weight excluding hydrogens is 212 g/mol. The summed E-state index contributed by atoms with van der Waals surface area (Å²) in [7, 11) is 0. The van der Waals surface area contributed by atoms with Crippen LogP contribution in [0.15, 0.2) is 0 Å². The predicted molar refractivity (Wildman–Crippen MR) is 60.1 cm³/mol. The van der Waals surface area contributed by atoms with E-state index in [4.69, 9.17) is 11.6 Å². The third-order valence-corrected chi connectivity index (χ3v) is 3.78. The van der Waals surface area contributed by atoms with E-state index < -0.39 is 0 Å². The molecule has 15 heavy (non-hydrogen) atoms. The fourth-order valence-corrected chi connectivity index (χ4v) is 2.16. The third kappa shape index (κ3) is 1.91. The van der Waals surface area contributed by atoms with Crippen LogP contribution in [-0.4, -0.2) is 21.5 Å². The van der Waals surface area contributed by atoms with Gasteiger partial charge < -0.3 is 5.11 Å². The fraction of sp³-hybridized carbons (Fsp3) is 0.727. The molecule has 0 bridgehead atoms. The molecule has 1 fully saturated rings. The van der Waals surface area contributed by atoms with Crippen molar-refractivity contribution < 1.29 is 5.11 Å². The standard InChI is InChI=1S/C11H17ClN2O/c1-3-14-9(10(12)8(2)13-14)6-11(7-15)4-5-11/h15H,3-7H2,1-2H3. The Labute approximate surface area is 95.0 Å². The number of aliphatic hydroxyl groups excluding tert-OH is 1. The number of aryl methyl sites for hydroxylation is 2. The largest absolute Gasteiger partial charge is 0.396 e. The molecule has 0 atom stereocenters. The minimum Gasteiger partial charge on any atom is -0.396 e. The lowest BCUT2D eigenvalue weighted by Crippen LogP contribution is -2.14. The van der Waals surface area contributed by atoms with Crippen LogP contribution < -0.4 is 0 Å². The van der Waals surface area contributed by atoms with Crippen LogP contribution in [0.2, 0.25) is 5.02 Å². The summed E-state index contributed by atoms with van der Waals surface area (Å²) in [5, 5.41) is 14.5. The number of halogens is 1. The third-order valence-electron chi connectivity index (χ3n) is 3.29. The summed E-state index contributed by atoms with van der Waals surface area (Å²) in [6, 6.07) is 0. The first-order chi connectivity index (χ1) is 7.12. The molecule has 3 nitrogen and oxygen atoms in total. The van der Waals surface area contributed by atoms with Crippen molar-refractivity contribution >= 4 is 11.6 Å². The summed E-state index contributed by atoms with van der Waals surface area (Å²) in [6.07, 6.45) is 3.07. The Morgan fingerprint density at radius 1 is 1.53 bits per heavy atom. The zero-order valence-corrected chi connectivity index (χ0v) is 10.0. The topological polar surface area (TPSA) is 38.0 Å². The zero-order chi connectivity index (χ0) is 11.1. The molecule has 1 saturated carbocycles. The van der Waals surface area contributed by atoms with Crippen molar-refractivity contribution in [2.45, 2.75) is 39.7 Å². The van der Waals surface area contributed by atoms with Crippen LogP contribution in [-0.2, 0) is 13.0 Å². The first-order valence-corrected chi connectivity index (χ1v) is 5.82. The Balaban J connectivity index is 2.26. The molecule has 0 aromatic carbocycles. The molecule has 4 heteroatoms. The van der Waals surface area contributed by atoms with Gasteiger partial charge in [-0.05, 0) is 38.5 Å². The Kier molecular flexibility index (Phi) is 2.77. The molecule has 1 N–H and O–H groups in total. The van der Waals surface area contributed by atoms with Gasteiger partial charge in [-0.2, -0.15) is 5.10 Å². The van der Waals surface area contributed by atoms with Gasteiger partial charge in [0.2, 0.25) is 0 Å². The van der Waals surface area contributed by atoms with Gasteiger partial charge in [0.25, 0.3) is 0 Å². The molecule has 1 aromatic heterocycles. The van der Waals surface area contributed by atoms with Crippen molar-refractivity contribution in [3.63, 3.8) is 0 Å². The minimum absolute atomic E-state index is 0.100. The lowest BCUT2D eigenvalue weighted by atomic mass is 10.0. The molecule has 84 valence electrons. The lowest BCUT2D eigenvalue weighted by Gasteiger charge is -2.12. The van der Waals surface area contributed by atoms with Crippen LogP contribution >= 0.6 is 11.6 Å². The number of hydrogen-bond acceptors (Lipinski definition) is 2. The highest BCUT2D eigenvalue weighted by Crippen LogP contribution is 2.48. The van der Waals surface area contributed by atoms with E-state index >= 15 is 0 Å². The first-order valence-electron chi connectivity index (χ1n) is 5.44. The van der Waals surface area contributed by atoms with E-state index in [-0.39, 0.29) is 12.0 Å². The quantitative estimate of drug-likeness (QED) is 0.858. The molecule has 0 radical (unpaired) electrons. The summed E-state index contributed by atoms with van der Waals surface area (Å²) in [6.45, 7) is 5.09. The molecule has 2 rings (SSSR count). The lowest BCUT2D eigenvalue weighted by molar-refractivity contribution is 0.209. The van der Waals surface area contributed by atoms with E-state index in [0.29, 0.717) is 0 Å². The highest BCUT2D eigenvalue weighted by atomic mass is 35.5. The van der Waals surface area contributed by atoms with Crippen LogP contribution in [0.5, 0.6) is 0 Å². The second-order valence-electron chi connectivity index (χ2n) is 4.50. The summed E-state index contributed by atoms with van der Waals surface area (Å²) < 4.78 is 1.95. The highest BCUT2D eigenvalue weighted by molar-refractivity contribution is 6.31. The summed E-state index contributed by atoms with van der Waals surface area (Å²) in [5.74, 6) is 0. The van der Waals surface area contributed by atoms with Gasteiger partial charge in [-0.3, -0.25) is 4.68 Å². The SMILES string of the molecule is CCn1nc(C)c(Cl)c1CC1(CO)CC1. The average Bonchev–Trinajstić information content (AvgIpc) is 2.97. The van der Waals surface area contributed by atoms with E-state index in [9.17, 15) is 5.11 Å². The number of nitrogens with zero attached hydrogens (tertiary/aromatic N) is 2. The smallest absolute Gasteiger partial charge is 0.0847 e. The van der Waals surface area contributed by atoms with E-state index in [1.165, 1.54) is 0 Å². The predicted octanol–water partition coefficient (Wildman–Crippen LogP) is 2.18. The molecule has 0 amide bonds. The van der Waals surface area contributed by atoms with Gasteiger partial charge in [0.15, 0.2) is 0 Å². The van der Waals surface area contributed by atoms with Crippen LogP contribution in [0.4, 0.5) is 0 Å². The van der Waals surface area contributed by atoms with Gasteiger partial charge in [-0.15, -0.1) is 0 Å². The second-order valence-corrected chi connectivity index (χ2v) is 4.87. The Bertz CT molecular complexity index is 369. The maximum Gasteiger partial charge on any atom is 0.0847 e. The molecule has 1 aliphatic carbocycles. The van der Waals surface area contributed by atoms with Crippen molar-refractivity contribution in [2.24, 2.45) is 5.41 Å². The summed E-state index contributed by atoms with van der Waals surface area (Å²) in [4.78, 5) is 0. The van der Waals surface area contributed by atoms with E-state index in [1.807, 2.05) is 11.6 Å². The van der Waals surface area contributed by atoms with Crippen LogP contribution in [0.25, 0.3) is 0 Å². The fourth-order valence-electron chi connectivity index (χ4n) is 1.96. The average molecular weight is 229 g/mol. The normalized spacial score (nSPS) is 18.1. The highest BCUT2D eigenvalue weighted by Gasteiger charge is 2.43. The Hall–Kier alpha value is -0.540. The minimum atomic E-state index is 0.100. The number of rotatable bonds is 4. The molecule has 0 aliphatic heterocycles. The Morgan fingerprint density at radius 3 is 2.67 bits per heavy atom. The van der Waals surface area contributed by atoms with Crippen LogP contribution in [0, 0.1) is 12.3 Å². The zero-order valence-electron chi connectivity index (χ0n) is 9.26. The monoisotopic (exact) mass is 228 g/mol. The molecular formula is C11H17ClN2O. The Morgan fingerprint density at radius 2 is 2.20 bits per heavy atom. The van der Waals surface area contributed by atoms with Gasteiger partial charge in [-0.1, -0.05) is 11.6 Å². The van der Waals surface area contributed by atoms with Crippen molar-refractivity contribution in [1.82, 2.24) is 9.78 Å². The maximum absolute atomic E-state index is 9.31. The number of hydrogen-bond donors (Lipinski definition) is 1. The van der Waals surface area contributed by atoms with Gasteiger partial charge in [-0.25, -0.2) is 0 Å². The molecule has 0 spiro atoms. The van der Waals surface area contributed by atoms with E-state index in [0.717, 1.165) is 42.2 Å². The number of aromatic nitrogens is 2.